The Labute approximate surface area is 135 Å². The number of guanidine groups is 1. The van der Waals surface area contributed by atoms with Crippen molar-refractivity contribution in [3.8, 4) is 0 Å². The predicted octanol–water partition coefficient (Wildman–Crippen LogP) is 3.62. The van der Waals surface area contributed by atoms with E-state index in [1.807, 2.05) is 18.2 Å². The van der Waals surface area contributed by atoms with E-state index in [0.29, 0.717) is 0 Å². The maximum atomic E-state index is 5.98. The van der Waals surface area contributed by atoms with Gasteiger partial charge in [-0.15, -0.1) is 11.3 Å². The summed E-state index contributed by atoms with van der Waals surface area (Å²) in [6.07, 6.45) is 0.916. The number of nitrogens with one attached hydrogen (secondary N) is 2. The third-order valence-corrected chi connectivity index (χ3v) is 4.28. The standard InChI is InChI=1S/C16H20ClN3S/c1-12-6-7-15(21-12)11-20-16(18-2)19-9-8-13-4-3-5-14(17)10-13/h3-7,10H,8-9,11H2,1-2H3,(H2,18,19,20). The highest BCUT2D eigenvalue weighted by Gasteiger charge is 2.00. The zero-order chi connectivity index (χ0) is 15.1. The van der Waals surface area contributed by atoms with Gasteiger partial charge in [0.2, 0.25) is 0 Å². The van der Waals surface area contributed by atoms with Crippen LogP contribution >= 0.6 is 22.9 Å². The van der Waals surface area contributed by atoms with Crippen LogP contribution in [0.15, 0.2) is 41.4 Å². The molecule has 2 N–H and O–H groups in total. The van der Waals surface area contributed by atoms with E-state index in [1.165, 1.54) is 15.3 Å². The minimum absolute atomic E-state index is 0.781. The van der Waals surface area contributed by atoms with Crippen molar-refractivity contribution in [3.63, 3.8) is 0 Å². The summed E-state index contributed by atoms with van der Waals surface area (Å²) >= 11 is 7.78. The Balaban J connectivity index is 1.75. The van der Waals surface area contributed by atoms with E-state index < -0.39 is 0 Å². The number of hydrogen-bond donors (Lipinski definition) is 2. The summed E-state index contributed by atoms with van der Waals surface area (Å²) in [7, 11) is 1.79. The molecular formula is C16H20ClN3S. The van der Waals surface area contributed by atoms with Crippen LogP contribution in [0, 0.1) is 6.92 Å². The fourth-order valence-electron chi connectivity index (χ4n) is 1.99. The maximum Gasteiger partial charge on any atom is 0.191 e. The molecule has 1 aromatic carbocycles. The lowest BCUT2D eigenvalue weighted by atomic mass is 10.1. The molecule has 0 spiro atoms. The van der Waals surface area contributed by atoms with Crippen molar-refractivity contribution in [1.29, 1.82) is 0 Å². The molecule has 0 aliphatic heterocycles. The summed E-state index contributed by atoms with van der Waals surface area (Å²) in [4.78, 5) is 6.87. The van der Waals surface area contributed by atoms with Crippen LogP contribution in [0.4, 0.5) is 0 Å². The Morgan fingerprint density at radius 1 is 1.24 bits per heavy atom. The van der Waals surface area contributed by atoms with Crippen LogP contribution in [0.25, 0.3) is 0 Å². The summed E-state index contributed by atoms with van der Waals surface area (Å²) in [5, 5.41) is 7.42. The molecule has 21 heavy (non-hydrogen) atoms. The fraction of sp³-hybridized carbons (Fsp3) is 0.312. The van der Waals surface area contributed by atoms with E-state index in [0.717, 1.165) is 30.5 Å². The Morgan fingerprint density at radius 3 is 2.76 bits per heavy atom. The van der Waals surface area contributed by atoms with Crippen LogP contribution < -0.4 is 10.6 Å². The predicted molar refractivity (Wildman–Crippen MR) is 92.4 cm³/mol. The SMILES string of the molecule is CN=C(NCCc1cccc(Cl)c1)NCc1ccc(C)s1. The van der Waals surface area contributed by atoms with Crippen molar-refractivity contribution in [2.75, 3.05) is 13.6 Å². The summed E-state index contributed by atoms with van der Waals surface area (Å²) in [5.41, 5.74) is 1.22. The molecule has 0 atom stereocenters. The van der Waals surface area contributed by atoms with Crippen molar-refractivity contribution in [3.05, 3.63) is 56.7 Å². The maximum absolute atomic E-state index is 5.98. The summed E-state index contributed by atoms with van der Waals surface area (Å²) in [6, 6.07) is 12.2. The van der Waals surface area contributed by atoms with Crippen molar-refractivity contribution in [1.82, 2.24) is 10.6 Å². The topological polar surface area (TPSA) is 36.4 Å². The largest absolute Gasteiger partial charge is 0.356 e. The van der Waals surface area contributed by atoms with Crippen molar-refractivity contribution >= 4 is 28.9 Å². The van der Waals surface area contributed by atoms with Crippen molar-refractivity contribution in [2.45, 2.75) is 19.9 Å². The number of aryl methyl sites for hydroxylation is 1. The Kier molecular flexibility index (Phi) is 6.08. The monoisotopic (exact) mass is 321 g/mol. The number of rotatable bonds is 5. The molecule has 2 aromatic rings. The molecule has 2 rings (SSSR count). The van der Waals surface area contributed by atoms with Gasteiger partial charge in [0.25, 0.3) is 0 Å². The average Bonchev–Trinajstić information content (AvgIpc) is 2.88. The number of thiophene rings is 1. The van der Waals surface area contributed by atoms with Gasteiger partial charge in [-0.05, 0) is 43.2 Å². The van der Waals surface area contributed by atoms with E-state index >= 15 is 0 Å². The number of nitrogens with zero attached hydrogens (tertiary/aromatic N) is 1. The van der Waals surface area contributed by atoms with Gasteiger partial charge in [0.15, 0.2) is 5.96 Å². The molecule has 0 aliphatic carbocycles. The van der Waals surface area contributed by atoms with Crippen molar-refractivity contribution < 1.29 is 0 Å². The van der Waals surface area contributed by atoms with Crippen LogP contribution in [0.2, 0.25) is 5.02 Å². The molecule has 0 fully saturated rings. The summed E-state index contributed by atoms with van der Waals surface area (Å²) < 4.78 is 0. The Hall–Kier alpha value is -1.52. The highest BCUT2D eigenvalue weighted by molar-refractivity contribution is 7.11. The first-order chi connectivity index (χ1) is 10.2. The molecule has 3 nitrogen and oxygen atoms in total. The second-order valence-electron chi connectivity index (χ2n) is 4.74. The van der Waals surface area contributed by atoms with Gasteiger partial charge in [-0.1, -0.05) is 23.7 Å². The van der Waals surface area contributed by atoms with Gasteiger partial charge in [0, 0.05) is 28.4 Å². The van der Waals surface area contributed by atoms with Crippen LogP contribution in [-0.4, -0.2) is 19.6 Å². The lowest BCUT2D eigenvalue weighted by molar-refractivity contribution is 0.799. The second-order valence-corrected chi connectivity index (χ2v) is 6.55. The first kappa shape index (κ1) is 15.9. The molecule has 5 heteroatoms. The molecular weight excluding hydrogens is 302 g/mol. The highest BCUT2D eigenvalue weighted by Crippen LogP contribution is 2.14. The van der Waals surface area contributed by atoms with Crippen LogP contribution in [0.3, 0.4) is 0 Å². The molecule has 0 bridgehead atoms. The zero-order valence-electron chi connectivity index (χ0n) is 12.3. The number of aliphatic imine (C=N–C) groups is 1. The van der Waals surface area contributed by atoms with Crippen LogP contribution in [0.5, 0.6) is 0 Å². The van der Waals surface area contributed by atoms with Gasteiger partial charge < -0.3 is 10.6 Å². The number of hydrogen-bond acceptors (Lipinski definition) is 2. The Morgan fingerprint density at radius 2 is 2.10 bits per heavy atom. The number of halogens is 1. The molecule has 0 radical (unpaired) electrons. The number of benzene rings is 1. The Bertz CT molecular complexity index is 607. The van der Waals surface area contributed by atoms with Gasteiger partial charge in [0.05, 0.1) is 6.54 Å². The van der Waals surface area contributed by atoms with Gasteiger partial charge in [-0.2, -0.15) is 0 Å². The first-order valence-corrected chi connectivity index (χ1v) is 8.11. The summed E-state index contributed by atoms with van der Waals surface area (Å²) in [6.45, 7) is 3.74. The minimum atomic E-state index is 0.781. The van der Waals surface area contributed by atoms with Gasteiger partial charge in [0.1, 0.15) is 0 Å². The lowest BCUT2D eigenvalue weighted by Gasteiger charge is -2.11. The lowest BCUT2D eigenvalue weighted by Crippen LogP contribution is -2.37. The zero-order valence-corrected chi connectivity index (χ0v) is 13.9. The fourth-order valence-corrected chi connectivity index (χ4v) is 3.03. The second kappa shape index (κ2) is 8.05. The molecule has 0 saturated carbocycles. The van der Waals surface area contributed by atoms with Gasteiger partial charge in [-0.3, -0.25) is 4.99 Å². The summed E-state index contributed by atoms with van der Waals surface area (Å²) in [5.74, 6) is 0.822. The van der Waals surface area contributed by atoms with E-state index in [1.54, 1.807) is 18.4 Å². The molecule has 1 aromatic heterocycles. The molecule has 1 heterocycles. The van der Waals surface area contributed by atoms with E-state index in [-0.39, 0.29) is 0 Å². The van der Waals surface area contributed by atoms with E-state index in [4.69, 9.17) is 11.6 Å². The van der Waals surface area contributed by atoms with E-state index in [9.17, 15) is 0 Å². The van der Waals surface area contributed by atoms with Crippen LogP contribution in [-0.2, 0) is 13.0 Å². The molecule has 0 amide bonds. The quantitative estimate of drug-likeness (QED) is 0.652. The van der Waals surface area contributed by atoms with Crippen molar-refractivity contribution in [2.24, 2.45) is 4.99 Å². The molecule has 112 valence electrons. The normalized spacial score (nSPS) is 11.5. The minimum Gasteiger partial charge on any atom is -0.356 e. The van der Waals surface area contributed by atoms with Crippen LogP contribution in [0.1, 0.15) is 15.3 Å². The molecule has 0 saturated heterocycles. The van der Waals surface area contributed by atoms with Gasteiger partial charge in [-0.25, -0.2) is 0 Å². The molecule has 0 aliphatic rings. The van der Waals surface area contributed by atoms with E-state index in [2.05, 4.69) is 40.7 Å². The highest BCUT2D eigenvalue weighted by atomic mass is 35.5. The average molecular weight is 322 g/mol. The first-order valence-electron chi connectivity index (χ1n) is 6.91. The smallest absolute Gasteiger partial charge is 0.191 e. The van der Waals surface area contributed by atoms with Gasteiger partial charge >= 0.3 is 0 Å². The third-order valence-electron chi connectivity index (χ3n) is 3.04. The third kappa shape index (κ3) is 5.40. The molecule has 0 unspecified atom stereocenters.